The number of hydrogen-bond donors (Lipinski definition) is 0. The summed E-state index contributed by atoms with van der Waals surface area (Å²) in [7, 11) is 0. The molecule has 2 rings (SSSR count). The van der Waals surface area contributed by atoms with Crippen LogP contribution in [0.2, 0.25) is 5.02 Å². The second-order valence-corrected chi connectivity index (χ2v) is 6.06. The van der Waals surface area contributed by atoms with Gasteiger partial charge in [-0.15, -0.1) is 0 Å². The van der Waals surface area contributed by atoms with Crippen LogP contribution in [0.1, 0.15) is 43.0 Å². The Labute approximate surface area is 167 Å². The van der Waals surface area contributed by atoms with Crippen LogP contribution in [0, 0.1) is 11.6 Å². The van der Waals surface area contributed by atoms with Gasteiger partial charge in [-0.25, -0.2) is 8.78 Å². The van der Waals surface area contributed by atoms with E-state index in [-0.39, 0.29) is 33.3 Å². The van der Waals surface area contributed by atoms with Crippen LogP contribution in [0.5, 0.6) is 0 Å². The van der Waals surface area contributed by atoms with Gasteiger partial charge in [0.05, 0.1) is 5.69 Å². The van der Waals surface area contributed by atoms with Crippen LogP contribution in [0.3, 0.4) is 0 Å². The molecule has 0 aliphatic carbocycles. The van der Waals surface area contributed by atoms with Gasteiger partial charge in [0, 0.05) is 44.9 Å². The van der Waals surface area contributed by atoms with E-state index in [1.807, 2.05) is 0 Å². The molecule has 132 valence electrons. The van der Waals surface area contributed by atoms with Gasteiger partial charge in [-0.1, -0.05) is 37.8 Å². The van der Waals surface area contributed by atoms with Crippen LogP contribution in [0.25, 0.3) is 0 Å². The molecule has 6 heteroatoms. The summed E-state index contributed by atoms with van der Waals surface area (Å²) >= 11 is 5.85. The number of rotatable bonds is 7. The largest absolute Gasteiger partial charge is 0.306 e. The van der Waals surface area contributed by atoms with E-state index >= 15 is 0 Å². The molecule has 0 saturated carbocycles. The van der Waals surface area contributed by atoms with E-state index in [2.05, 4.69) is 6.92 Å². The first kappa shape index (κ1) is 21.8. The predicted molar refractivity (Wildman–Crippen MR) is 93.6 cm³/mol. The quantitative estimate of drug-likeness (QED) is 0.423. The fourth-order valence-electron chi connectivity index (χ4n) is 2.48. The van der Waals surface area contributed by atoms with Crippen molar-refractivity contribution in [2.24, 2.45) is 0 Å². The normalized spacial score (nSPS) is 10.2. The summed E-state index contributed by atoms with van der Waals surface area (Å²) in [6.07, 6.45) is 3.82. The van der Waals surface area contributed by atoms with E-state index in [1.165, 1.54) is 11.0 Å². The van der Waals surface area contributed by atoms with Gasteiger partial charge in [0.15, 0.2) is 0 Å². The van der Waals surface area contributed by atoms with Crippen molar-refractivity contribution in [3.8, 4) is 0 Å². The van der Waals surface area contributed by atoms with Gasteiger partial charge < -0.3 is 4.90 Å². The first-order valence-electron chi connectivity index (χ1n) is 8.05. The maximum absolute atomic E-state index is 14.2. The molecule has 2 nitrogen and oxygen atoms in total. The SMILES string of the molecule is CCCCCCN(C(=O)c1ccc(Cl)cc1)c1ccc(F)cc1F.[Ti]. The zero-order valence-corrected chi connectivity index (χ0v) is 16.4. The molecule has 0 fully saturated rings. The number of hydrogen-bond acceptors (Lipinski definition) is 1. The second kappa shape index (κ2) is 10.7. The van der Waals surface area contributed by atoms with Crippen LogP contribution in [-0.4, -0.2) is 12.5 Å². The summed E-state index contributed by atoms with van der Waals surface area (Å²) < 4.78 is 27.3. The first-order chi connectivity index (χ1) is 11.5. The number of carbonyl (C=O) groups is 1. The minimum Gasteiger partial charge on any atom is -0.306 e. The van der Waals surface area contributed by atoms with Crippen molar-refractivity contribution in [1.29, 1.82) is 0 Å². The molecule has 0 N–H and O–H groups in total. The Balaban J connectivity index is 0.00000312. The Morgan fingerprint density at radius 2 is 1.72 bits per heavy atom. The van der Waals surface area contributed by atoms with Crippen molar-refractivity contribution in [1.82, 2.24) is 0 Å². The maximum atomic E-state index is 14.2. The monoisotopic (exact) mass is 399 g/mol. The van der Waals surface area contributed by atoms with E-state index in [0.717, 1.165) is 37.8 Å². The minimum atomic E-state index is -0.743. The number of unbranched alkanes of at least 4 members (excludes halogenated alkanes) is 3. The number of amides is 1. The van der Waals surface area contributed by atoms with E-state index < -0.39 is 11.6 Å². The van der Waals surface area contributed by atoms with E-state index in [0.29, 0.717) is 17.1 Å². The molecular weight excluding hydrogens is 380 g/mol. The minimum absolute atomic E-state index is 0. The average Bonchev–Trinajstić information content (AvgIpc) is 2.56. The molecule has 0 heterocycles. The third-order valence-corrected chi connectivity index (χ3v) is 4.02. The number of nitrogens with zero attached hydrogens (tertiary/aromatic N) is 1. The van der Waals surface area contributed by atoms with Gasteiger partial charge in [-0.2, -0.15) is 0 Å². The van der Waals surface area contributed by atoms with Crippen LogP contribution in [0.15, 0.2) is 42.5 Å². The van der Waals surface area contributed by atoms with E-state index in [4.69, 9.17) is 11.6 Å². The zero-order valence-electron chi connectivity index (χ0n) is 14.1. The van der Waals surface area contributed by atoms with Gasteiger partial charge >= 0.3 is 0 Å². The molecule has 0 bridgehead atoms. The summed E-state index contributed by atoms with van der Waals surface area (Å²) in [5, 5.41) is 0.522. The Kier molecular flexibility index (Phi) is 9.33. The van der Waals surface area contributed by atoms with Gasteiger partial charge in [-0.3, -0.25) is 4.79 Å². The van der Waals surface area contributed by atoms with Gasteiger partial charge in [0.1, 0.15) is 11.6 Å². The molecule has 0 aliphatic rings. The third-order valence-electron chi connectivity index (χ3n) is 3.77. The average molecular weight is 400 g/mol. The molecule has 0 radical (unpaired) electrons. The molecule has 25 heavy (non-hydrogen) atoms. The topological polar surface area (TPSA) is 20.3 Å². The summed E-state index contributed by atoms with van der Waals surface area (Å²) in [5.41, 5.74) is 0.506. The fourth-order valence-corrected chi connectivity index (χ4v) is 2.60. The summed E-state index contributed by atoms with van der Waals surface area (Å²) in [4.78, 5) is 14.1. The van der Waals surface area contributed by atoms with Crippen molar-refractivity contribution in [3.63, 3.8) is 0 Å². The molecule has 0 spiro atoms. The summed E-state index contributed by atoms with van der Waals surface area (Å²) in [6, 6.07) is 9.70. The zero-order chi connectivity index (χ0) is 17.5. The van der Waals surface area contributed by atoms with Crippen molar-refractivity contribution >= 4 is 23.2 Å². The first-order valence-corrected chi connectivity index (χ1v) is 8.43. The van der Waals surface area contributed by atoms with Crippen molar-refractivity contribution < 1.29 is 35.3 Å². The van der Waals surface area contributed by atoms with Gasteiger partial charge in [0.2, 0.25) is 0 Å². The van der Waals surface area contributed by atoms with Crippen LogP contribution < -0.4 is 4.90 Å². The summed E-state index contributed by atoms with van der Waals surface area (Å²) in [6.45, 7) is 2.47. The molecule has 2 aromatic rings. The summed E-state index contributed by atoms with van der Waals surface area (Å²) in [5.74, 6) is -1.73. The van der Waals surface area contributed by atoms with E-state index in [1.54, 1.807) is 24.3 Å². The Hall–Kier alpha value is -1.23. The van der Waals surface area contributed by atoms with Crippen molar-refractivity contribution in [2.75, 3.05) is 11.4 Å². The third kappa shape index (κ3) is 6.21. The molecular formula is C19H20ClF2NOTi. The number of anilines is 1. The van der Waals surface area contributed by atoms with Crippen molar-refractivity contribution in [3.05, 3.63) is 64.7 Å². The molecule has 0 unspecified atom stereocenters. The van der Waals surface area contributed by atoms with Crippen LogP contribution in [0.4, 0.5) is 14.5 Å². The standard InChI is InChI=1S/C19H20ClF2NO.Ti/c1-2-3-4-5-12-23(18-11-10-16(21)13-17(18)22)19(24)14-6-8-15(20)9-7-14;/h6-11,13H,2-5,12H2,1H3;. The molecule has 0 aliphatic heterocycles. The molecule has 0 saturated heterocycles. The van der Waals surface area contributed by atoms with Crippen LogP contribution >= 0.6 is 11.6 Å². The number of benzene rings is 2. The van der Waals surface area contributed by atoms with E-state index in [9.17, 15) is 13.6 Å². The molecule has 1 amide bonds. The second-order valence-electron chi connectivity index (χ2n) is 5.62. The van der Waals surface area contributed by atoms with Gasteiger partial charge in [-0.05, 0) is 42.8 Å². The number of carbonyl (C=O) groups excluding carboxylic acids is 1. The van der Waals surface area contributed by atoms with Crippen molar-refractivity contribution in [2.45, 2.75) is 32.6 Å². The van der Waals surface area contributed by atoms with Gasteiger partial charge in [0.25, 0.3) is 5.91 Å². The maximum Gasteiger partial charge on any atom is 0.258 e. The van der Waals surface area contributed by atoms with Crippen LogP contribution in [-0.2, 0) is 21.7 Å². The Bertz CT molecular complexity index is 694. The Morgan fingerprint density at radius 3 is 2.32 bits per heavy atom. The molecule has 0 aromatic heterocycles. The predicted octanol–water partition coefficient (Wildman–Crippen LogP) is 5.84. The Morgan fingerprint density at radius 1 is 1.04 bits per heavy atom. The molecule has 2 aromatic carbocycles. The molecule has 0 atom stereocenters. The smallest absolute Gasteiger partial charge is 0.258 e. The fraction of sp³-hybridized carbons (Fsp3) is 0.316. The number of halogens is 3.